The molecule has 41 heavy (non-hydrogen) atoms. The van der Waals surface area contributed by atoms with E-state index in [0.29, 0.717) is 32.4 Å². The number of hydrogen-bond acceptors (Lipinski definition) is 4. The molecule has 0 bridgehead atoms. The van der Waals surface area contributed by atoms with Crippen molar-refractivity contribution in [1.29, 1.82) is 5.26 Å². The lowest BCUT2D eigenvalue weighted by Gasteiger charge is -2.23. The smallest absolute Gasteiger partial charge is 0.233 e. The average molecular weight is 614 g/mol. The highest BCUT2D eigenvalue weighted by Crippen LogP contribution is 2.30. The third kappa shape index (κ3) is 6.61. The van der Waals surface area contributed by atoms with Crippen molar-refractivity contribution < 1.29 is 9.18 Å². The predicted octanol–water partition coefficient (Wildman–Crippen LogP) is 6.62. The van der Waals surface area contributed by atoms with Crippen LogP contribution in [-0.4, -0.2) is 37.1 Å². The molecule has 1 amide bonds. The molecule has 0 saturated heterocycles. The molecule has 7 nitrogen and oxygen atoms in total. The van der Waals surface area contributed by atoms with Gasteiger partial charge in [-0.2, -0.15) is 5.26 Å². The number of hydrogen-bond donors (Lipinski definition) is 0. The normalized spacial score (nSPS) is 12.8. The van der Waals surface area contributed by atoms with Crippen molar-refractivity contribution in [2.24, 2.45) is 0 Å². The Kier molecular flexibility index (Phi) is 9.82. The molecule has 1 aliphatic heterocycles. The number of aromatic nitrogens is 4. The number of carbonyl (C=O) groups excluding carboxylic acids is 1. The van der Waals surface area contributed by atoms with Crippen LogP contribution in [0.1, 0.15) is 29.6 Å². The molecule has 0 radical (unpaired) electrons. The van der Waals surface area contributed by atoms with E-state index in [1.54, 1.807) is 35.6 Å². The van der Waals surface area contributed by atoms with Crippen molar-refractivity contribution in [2.45, 2.75) is 33.0 Å². The second-order valence-corrected chi connectivity index (χ2v) is 10.1. The Morgan fingerprint density at radius 3 is 2.61 bits per heavy atom. The summed E-state index contributed by atoms with van der Waals surface area (Å²) in [7, 11) is 0.500. The topological polar surface area (TPSA) is 79.7 Å². The molecule has 2 aromatic carbocycles. The Balaban J connectivity index is 0.00000189. The molecule has 1 aliphatic rings. The molecule has 3 heterocycles. The van der Waals surface area contributed by atoms with E-state index in [4.69, 9.17) is 10.2 Å². The fraction of sp³-hybridized carbons (Fsp3) is 0.188. The molecule has 0 saturated carbocycles. The fourth-order valence-electron chi connectivity index (χ4n) is 4.75. The molecule has 0 spiro atoms. The standard InChI is InChI=1S/C31H27BrN6O.CH3F/c1-3-7-24-18-36-19-28(26-8-5-6-9-27(26)32)35-30(36)20-38(29(24)4-2)31(39)14-25-16-34-21-37(25)17-23-12-10-22(15-33)11-13-23;1-2/h3-13,16,19,21H,2,14,17-18,20H2,1H3;1H3/b7-3-;. The van der Waals surface area contributed by atoms with Gasteiger partial charge in [0.2, 0.25) is 5.91 Å². The number of rotatable bonds is 7. The molecule has 0 aliphatic carbocycles. The number of carbonyl (C=O) groups is 1. The molecule has 2 aromatic heterocycles. The van der Waals surface area contributed by atoms with E-state index in [1.807, 2.05) is 66.2 Å². The van der Waals surface area contributed by atoms with Crippen LogP contribution in [0.25, 0.3) is 11.3 Å². The SMILES string of the molecule is C=CC1=C(/C=C\C)Cn2cc(-c3ccccc3Br)nc2CN1C(=O)Cc1cncn1Cc1ccc(C#N)cc1.CF. The molecule has 0 N–H and O–H groups in total. The quantitative estimate of drug-likeness (QED) is 0.235. The minimum Gasteiger partial charge on any atom is -0.330 e. The number of nitrogens with zero attached hydrogens (tertiary/aromatic N) is 6. The zero-order chi connectivity index (χ0) is 29.4. The van der Waals surface area contributed by atoms with Crippen LogP contribution in [0.2, 0.25) is 0 Å². The lowest BCUT2D eigenvalue weighted by molar-refractivity contribution is -0.129. The second kappa shape index (κ2) is 13.7. The van der Waals surface area contributed by atoms with E-state index < -0.39 is 0 Å². The molecular weight excluding hydrogens is 583 g/mol. The summed E-state index contributed by atoms with van der Waals surface area (Å²) in [6.45, 7) is 7.47. The third-order valence-corrected chi connectivity index (χ3v) is 7.39. The summed E-state index contributed by atoms with van der Waals surface area (Å²) >= 11 is 3.64. The maximum absolute atomic E-state index is 13.9. The maximum atomic E-state index is 13.9. The van der Waals surface area contributed by atoms with Gasteiger partial charge < -0.3 is 14.0 Å². The molecule has 5 rings (SSSR count). The van der Waals surface area contributed by atoms with Crippen molar-refractivity contribution in [3.8, 4) is 17.3 Å². The van der Waals surface area contributed by atoms with Gasteiger partial charge in [0.15, 0.2) is 0 Å². The van der Waals surface area contributed by atoms with E-state index in [2.05, 4.69) is 38.1 Å². The van der Waals surface area contributed by atoms with Crippen LogP contribution in [0.5, 0.6) is 0 Å². The van der Waals surface area contributed by atoms with E-state index in [-0.39, 0.29) is 12.3 Å². The van der Waals surface area contributed by atoms with E-state index in [9.17, 15) is 9.18 Å². The highest BCUT2D eigenvalue weighted by atomic mass is 79.9. The van der Waals surface area contributed by atoms with Gasteiger partial charge in [-0.05, 0) is 42.3 Å². The van der Waals surface area contributed by atoms with E-state index in [1.165, 1.54) is 0 Å². The van der Waals surface area contributed by atoms with Gasteiger partial charge in [0.1, 0.15) is 5.82 Å². The molecule has 0 atom stereocenters. The zero-order valence-corrected chi connectivity index (χ0v) is 24.6. The summed E-state index contributed by atoms with van der Waals surface area (Å²) in [5.41, 5.74) is 6.07. The molecule has 0 fully saturated rings. The van der Waals surface area contributed by atoms with Gasteiger partial charge in [0.05, 0.1) is 50.3 Å². The minimum absolute atomic E-state index is 0.0626. The summed E-state index contributed by atoms with van der Waals surface area (Å²) < 4.78 is 14.5. The van der Waals surface area contributed by atoms with E-state index in [0.717, 1.165) is 44.1 Å². The molecule has 4 aromatic rings. The van der Waals surface area contributed by atoms with E-state index >= 15 is 0 Å². The number of allylic oxidation sites excluding steroid dienone is 4. The van der Waals surface area contributed by atoms with Gasteiger partial charge >= 0.3 is 0 Å². The summed E-state index contributed by atoms with van der Waals surface area (Å²) in [6.07, 6.45) is 11.4. The highest BCUT2D eigenvalue weighted by molar-refractivity contribution is 9.10. The van der Waals surface area contributed by atoms with Crippen molar-refractivity contribution in [3.63, 3.8) is 0 Å². The van der Waals surface area contributed by atoms with Gasteiger partial charge in [-0.25, -0.2) is 9.97 Å². The second-order valence-electron chi connectivity index (χ2n) is 9.24. The van der Waals surface area contributed by atoms with Gasteiger partial charge in [0, 0.05) is 40.4 Å². The Morgan fingerprint density at radius 2 is 1.93 bits per heavy atom. The van der Waals surface area contributed by atoms with Crippen LogP contribution in [0.3, 0.4) is 0 Å². The predicted molar refractivity (Wildman–Crippen MR) is 161 cm³/mol. The zero-order valence-electron chi connectivity index (χ0n) is 23.0. The van der Waals surface area contributed by atoms with Crippen molar-refractivity contribution in [1.82, 2.24) is 24.0 Å². The van der Waals surface area contributed by atoms with Crippen molar-refractivity contribution >= 4 is 21.8 Å². The summed E-state index contributed by atoms with van der Waals surface area (Å²) in [5, 5.41) is 9.07. The van der Waals surface area contributed by atoms with Crippen LogP contribution in [0.15, 0.2) is 108 Å². The first-order chi connectivity index (χ1) is 20.0. The summed E-state index contributed by atoms with van der Waals surface area (Å²) in [6, 6.07) is 17.6. The summed E-state index contributed by atoms with van der Waals surface area (Å²) in [5.74, 6) is 0.742. The fourth-order valence-corrected chi connectivity index (χ4v) is 5.24. The molecule has 9 heteroatoms. The lowest BCUT2D eigenvalue weighted by atomic mass is 10.1. The molecular formula is C32H30BrFN6O. The Morgan fingerprint density at radius 1 is 1.17 bits per heavy atom. The van der Waals surface area contributed by atoms with Crippen LogP contribution in [0.4, 0.5) is 4.39 Å². The Hall–Kier alpha value is -4.55. The molecule has 0 unspecified atom stereocenters. The monoisotopic (exact) mass is 612 g/mol. The number of imidazole rings is 2. The number of amides is 1. The van der Waals surface area contributed by atoms with Gasteiger partial charge in [-0.1, -0.05) is 65.0 Å². The number of nitriles is 1. The minimum atomic E-state index is -0.0626. The highest BCUT2D eigenvalue weighted by Gasteiger charge is 2.27. The van der Waals surface area contributed by atoms with Gasteiger partial charge in [0.25, 0.3) is 0 Å². The average Bonchev–Trinajstić information content (AvgIpc) is 3.57. The number of alkyl halides is 1. The van der Waals surface area contributed by atoms with Crippen molar-refractivity contribution in [3.05, 3.63) is 130 Å². The third-order valence-electron chi connectivity index (χ3n) is 6.70. The van der Waals surface area contributed by atoms with Crippen molar-refractivity contribution in [2.75, 3.05) is 7.18 Å². The first-order valence-corrected chi connectivity index (χ1v) is 13.8. The van der Waals surface area contributed by atoms with Crippen LogP contribution >= 0.6 is 15.9 Å². The molecule has 208 valence electrons. The Labute approximate surface area is 247 Å². The maximum Gasteiger partial charge on any atom is 0.233 e. The van der Waals surface area contributed by atoms with Gasteiger partial charge in [-0.15, -0.1) is 0 Å². The first-order valence-electron chi connectivity index (χ1n) is 13.0. The number of benzene rings is 2. The largest absolute Gasteiger partial charge is 0.330 e. The first kappa shape index (κ1) is 29.4. The summed E-state index contributed by atoms with van der Waals surface area (Å²) in [4.78, 5) is 24.9. The van der Waals surface area contributed by atoms with Crippen LogP contribution < -0.4 is 0 Å². The van der Waals surface area contributed by atoms with Crippen LogP contribution in [0, 0.1) is 11.3 Å². The van der Waals surface area contributed by atoms with Gasteiger partial charge in [-0.3, -0.25) is 9.18 Å². The number of halogens is 2. The lowest BCUT2D eigenvalue weighted by Crippen LogP contribution is -2.31. The number of fused-ring (bicyclic) bond motifs is 1. The van der Waals surface area contributed by atoms with Crippen LogP contribution in [-0.2, 0) is 30.8 Å². The Bertz CT molecular complexity index is 1640.